The van der Waals surface area contributed by atoms with Crippen LogP contribution in [0.4, 0.5) is 0 Å². The summed E-state index contributed by atoms with van der Waals surface area (Å²) in [6.45, 7) is 1.75. The summed E-state index contributed by atoms with van der Waals surface area (Å²) in [6.07, 6.45) is 4.16. The number of carbonyl (C=O) groups excluding carboxylic acids is 2. The summed E-state index contributed by atoms with van der Waals surface area (Å²) in [5, 5.41) is 6.71. The van der Waals surface area contributed by atoms with Gasteiger partial charge in [0.2, 0.25) is 11.8 Å². The first-order valence-corrected chi connectivity index (χ1v) is 8.21. The highest BCUT2D eigenvalue weighted by Crippen LogP contribution is 2.28. The third-order valence-corrected chi connectivity index (χ3v) is 4.57. The molecule has 0 aromatic heterocycles. The third kappa shape index (κ3) is 4.62. The fourth-order valence-electron chi connectivity index (χ4n) is 2.86. The van der Waals surface area contributed by atoms with Gasteiger partial charge in [-0.1, -0.05) is 42.1 Å². The highest BCUT2D eigenvalue weighted by molar-refractivity contribution is 6.35. The molecular formula is C16H20Cl2N2O2. The first-order valence-electron chi connectivity index (χ1n) is 7.46. The first-order chi connectivity index (χ1) is 10.5. The summed E-state index contributed by atoms with van der Waals surface area (Å²) in [4.78, 5) is 23.8. The van der Waals surface area contributed by atoms with Gasteiger partial charge in [-0.25, -0.2) is 0 Å². The number of hydrogen-bond acceptors (Lipinski definition) is 2. The molecule has 2 rings (SSSR count). The molecule has 0 radical (unpaired) electrons. The molecule has 1 aromatic rings. The zero-order chi connectivity index (χ0) is 16.1. The largest absolute Gasteiger partial charge is 0.350 e. The Bertz CT molecular complexity index is 557. The van der Waals surface area contributed by atoms with Crippen molar-refractivity contribution < 1.29 is 9.59 Å². The second-order valence-electron chi connectivity index (χ2n) is 5.68. The Morgan fingerprint density at radius 1 is 1.27 bits per heavy atom. The van der Waals surface area contributed by atoms with Crippen LogP contribution in [0.25, 0.3) is 0 Å². The minimum absolute atomic E-state index is 0.159. The molecule has 0 aliphatic heterocycles. The van der Waals surface area contributed by atoms with E-state index in [9.17, 15) is 9.59 Å². The summed E-state index contributed by atoms with van der Waals surface area (Å²) in [5.74, 6) is -0.130. The number of nitrogens with one attached hydrogen (secondary N) is 2. The molecular weight excluding hydrogens is 323 g/mol. The summed E-state index contributed by atoms with van der Waals surface area (Å²) < 4.78 is 0. The lowest BCUT2D eigenvalue weighted by molar-refractivity contribution is -0.129. The number of halogens is 2. The van der Waals surface area contributed by atoms with Crippen LogP contribution in [-0.2, 0) is 16.1 Å². The third-order valence-electron chi connectivity index (χ3n) is 3.98. The molecule has 120 valence electrons. The Morgan fingerprint density at radius 3 is 2.55 bits per heavy atom. The first kappa shape index (κ1) is 17.1. The quantitative estimate of drug-likeness (QED) is 0.862. The van der Waals surface area contributed by atoms with Crippen molar-refractivity contribution in [3.63, 3.8) is 0 Å². The van der Waals surface area contributed by atoms with E-state index in [2.05, 4.69) is 10.6 Å². The predicted molar refractivity (Wildman–Crippen MR) is 87.9 cm³/mol. The number of amides is 2. The molecule has 2 N–H and O–H groups in total. The van der Waals surface area contributed by atoms with Gasteiger partial charge in [-0.15, -0.1) is 0 Å². The van der Waals surface area contributed by atoms with Crippen molar-refractivity contribution in [2.75, 3.05) is 0 Å². The van der Waals surface area contributed by atoms with Crippen LogP contribution >= 0.6 is 23.2 Å². The van der Waals surface area contributed by atoms with Crippen LogP contribution in [-0.4, -0.2) is 17.9 Å². The molecule has 1 fully saturated rings. The lowest BCUT2D eigenvalue weighted by Gasteiger charge is -2.23. The van der Waals surface area contributed by atoms with Crippen molar-refractivity contribution in [3.8, 4) is 0 Å². The van der Waals surface area contributed by atoms with Gasteiger partial charge in [-0.05, 0) is 36.5 Å². The van der Waals surface area contributed by atoms with Crippen molar-refractivity contribution >= 4 is 35.0 Å². The summed E-state index contributed by atoms with van der Waals surface area (Å²) in [7, 11) is 0. The smallest absolute Gasteiger partial charge is 0.243 e. The number of rotatable bonds is 5. The number of hydrogen-bond donors (Lipinski definition) is 2. The zero-order valence-electron chi connectivity index (χ0n) is 12.5. The Labute approximate surface area is 140 Å². The van der Waals surface area contributed by atoms with Crippen LogP contribution in [0.3, 0.4) is 0 Å². The van der Waals surface area contributed by atoms with Crippen LogP contribution in [0.15, 0.2) is 18.2 Å². The van der Waals surface area contributed by atoms with Gasteiger partial charge in [0, 0.05) is 23.5 Å². The SMILES string of the molecule is CC(=O)NC(C(=O)NCc1ccc(Cl)cc1Cl)C1CCCC1. The van der Waals surface area contributed by atoms with Gasteiger partial charge in [0.25, 0.3) is 0 Å². The average Bonchev–Trinajstić information content (AvgIpc) is 2.97. The summed E-state index contributed by atoms with van der Waals surface area (Å²) >= 11 is 12.0. The van der Waals surface area contributed by atoms with E-state index in [1.54, 1.807) is 18.2 Å². The second kappa shape index (κ2) is 7.84. The monoisotopic (exact) mass is 342 g/mol. The molecule has 1 aliphatic rings. The van der Waals surface area contributed by atoms with Crippen LogP contribution in [0, 0.1) is 5.92 Å². The van der Waals surface area contributed by atoms with E-state index >= 15 is 0 Å². The lowest BCUT2D eigenvalue weighted by Crippen LogP contribution is -2.49. The van der Waals surface area contributed by atoms with Crippen molar-refractivity contribution in [2.45, 2.75) is 45.2 Å². The number of carbonyl (C=O) groups is 2. The van der Waals surface area contributed by atoms with Crippen molar-refractivity contribution in [1.29, 1.82) is 0 Å². The highest BCUT2D eigenvalue weighted by atomic mass is 35.5. The summed E-state index contributed by atoms with van der Waals surface area (Å²) in [5.41, 5.74) is 0.799. The van der Waals surface area contributed by atoms with Crippen molar-refractivity contribution in [2.24, 2.45) is 5.92 Å². The molecule has 0 spiro atoms. The van der Waals surface area contributed by atoms with Crippen LogP contribution in [0.5, 0.6) is 0 Å². The average molecular weight is 343 g/mol. The molecule has 1 aromatic carbocycles. The minimum Gasteiger partial charge on any atom is -0.350 e. The van der Waals surface area contributed by atoms with Crippen LogP contribution in [0.2, 0.25) is 10.0 Å². The Hall–Kier alpha value is -1.26. The molecule has 22 heavy (non-hydrogen) atoms. The fourth-order valence-corrected chi connectivity index (χ4v) is 3.34. The molecule has 1 atom stereocenters. The van der Waals surface area contributed by atoms with E-state index in [1.165, 1.54) is 6.92 Å². The van der Waals surface area contributed by atoms with Crippen molar-refractivity contribution in [3.05, 3.63) is 33.8 Å². The standard InChI is InChI=1S/C16H20Cl2N2O2/c1-10(21)20-15(11-4-2-3-5-11)16(22)19-9-12-6-7-13(17)8-14(12)18/h6-8,11,15H,2-5,9H2,1H3,(H,19,22)(H,20,21). The maximum Gasteiger partial charge on any atom is 0.243 e. The Morgan fingerprint density at radius 2 is 1.95 bits per heavy atom. The molecule has 1 aliphatic carbocycles. The van der Waals surface area contributed by atoms with Crippen molar-refractivity contribution in [1.82, 2.24) is 10.6 Å². The summed E-state index contributed by atoms with van der Waals surface area (Å²) in [6, 6.07) is 4.70. The van der Waals surface area contributed by atoms with Gasteiger partial charge in [0.05, 0.1) is 0 Å². The van der Waals surface area contributed by atoms with E-state index in [0.717, 1.165) is 31.2 Å². The molecule has 0 saturated heterocycles. The van der Waals surface area contributed by atoms with Gasteiger partial charge in [-0.3, -0.25) is 9.59 Å². The number of benzene rings is 1. The second-order valence-corrected chi connectivity index (χ2v) is 6.52. The highest BCUT2D eigenvalue weighted by Gasteiger charge is 2.31. The Balaban J connectivity index is 1.99. The maximum atomic E-state index is 12.4. The van der Waals surface area contributed by atoms with E-state index in [4.69, 9.17) is 23.2 Å². The normalized spacial score (nSPS) is 16.3. The topological polar surface area (TPSA) is 58.2 Å². The van der Waals surface area contributed by atoms with Gasteiger partial charge < -0.3 is 10.6 Å². The molecule has 0 bridgehead atoms. The molecule has 1 unspecified atom stereocenters. The molecule has 1 saturated carbocycles. The van der Waals surface area contributed by atoms with Gasteiger partial charge in [-0.2, -0.15) is 0 Å². The molecule has 2 amide bonds. The Kier molecular flexibility index (Phi) is 6.09. The van der Waals surface area contributed by atoms with E-state index < -0.39 is 6.04 Å². The minimum atomic E-state index is -0.467. The molecule has 0 heterocycles. The predicted octanol–water partition coefficient (Wildman–Crippen LogP) is 3.30. The van der Waals surface area contributed by atoms with Gasteiger partial charge in [0.15, 0.2) is 0 Å². The van der Waals surface area contributed by atoms with Crippen LogP contribution < -0.4 is 10.6 Å². The van der Waals surface area contributed by atoms with E-state index in [1.807, 2.05) is 0 Å². The van der Waals surface area contributed by atoms with E-state index in [-0.39, 0.29) is 17.7 Å². The zero-order valence-corrected chi connectivity index (χ0v) is 14.0. The van der Waals surface area contributed by atoms with Crippen LogP contribution in [0.1, 0.15) is 38.2 Å². The van der Waals surface area contributed by atoms with E-state index in [0.29, 0.717) is 16.6 Å². The van der Waals surface area contributed by atoms with Gasteiger partial charge in [0.1, 0.15) is 6.04 Å². The lowest BCUT2D eigenvalue weighted by atomic mass is 9.97. The molecule has 4 nitrogen and oxygen atoms in total. The van der Waals surface area contributed by atoms with Gasteiger partial charge >= 0.3 is 0 Å². The maximum absolute atomic E-state index is 12.4. The fraction of sp³-hybridized carbons (Fsp3) is 0.500. The molecule has 6 heteroatoms.